The zero-order valence-corrected chi connectivity index (χ0v) is 12.9. The molecule has 6 nitrogen and oxygen atoms in total. The van der Waals surface area contributed by atoms with Crippen LogP contribution in [0.2, 0.25) is 0 Å². The molecular weight excluding hydrogens is 304 g/mol. The molecule has 3 aromatic rings. The van der Waals surface area contributed by atoms with E-state index in [4.69, 9.17) is 10.00 Å². The van der Waals surface area contributed by atoms with Gasteiger partial charge in [0.2, 0.25) is 0 Å². The molecule has 0 radical (unpaired) electrons. The first-order valence-corrected chi connectivity index (χ1v) is 7.49. The minimum absolute atomic E-state index is 0.153. The highest BCUT2D eigenvalue weighted by Crippen LogP contribution is 2.17. The Morgan fingerprint density at radius 3 is 2.58 bits per heavy atom. The molecule has 24 heavy (non-hydrogen) atoms. The molecule has 0 amide bonds. The summed E-state index contributed by atoms with van der Waals surface area (Å²) < 4.78 is 7.44. The maximum absolute atomic E-state index is 10.2. The van der Waals surface area contributed by atoms with Gasteiger partial charge in [-0.2, -0.15) is 5.26 Å². The van der Waals surface area contributed by atoms with Gasteiger partial charge in [0.1, 0.15) is 24.3 Å². The molecule has 0 saturated heterocycles. The summed E-state index contributed by atoms with van der Waals surface area (Å²) in [7, 11) is 0. The topological polar surface area (TPSA) is 84.0 Å². The fourth-order valence-corrected chi connectivity index (χ4v) is 2.32. The van der Waals surface area contributed by atoms with E-state index in [0.29, 0.717) is 17.9 Å². The van der Waals surface area contributed by atoms with Crippen molar-refractivity contribution in [1.29, 1.82) is 5.26 Å². The monoisotopic (exact) mass is 320 g/mol. The Morgan fingerprint density at radius 1 is 1.12 bits per heavy atom. The van der Waals surface area contributed by atoms with E-state index in [2.05, 4.69) is 16.0 Å². The van der Waals surface area contributed by atoms with Gasteiger partial charge in [0.05, 0.1) is 18.2 Å². The van der Waals surface area contributed by atoms with Gasteiger partial charge in [-0.15, -0.1) is 0 Å². The van der Waals surface area contributed by atoms with E-state index in [0.717, 1.165) is 11.4 Å². The molecule has 2 heterocycles. The van der Waals surface area contributed by atoms with Crippen LogP contribution < -0.4 is 4.74 Å². The van der Waals surface area contributed by atoms with Gasteiger partial charge >= 0.3 is 0 Å². The SMILES string of the molecule is N#Cc1ccc(OCC(O)Cn2ccnc2-c2ccncc2)cc1. The van der Waals surface area contributed by atoms with E-state index >= 15 is 0 Å². The first-order valence-electron chi connectivity index (χ1n) is 7.49. The van der Waals surface area contributed by atoms with E-state index in [1.54, 1.807) is 42.9 Å². The Labute approximate surface area is 139 Å². The molecule has 0 aliphatic rings. The van der Waals surface area contributed by atoms with Crippen LogP contribution in [0.1, 0.15) is 5.56 Å². The van der Waals surface area contributed by atoms with Gasteiger partial charge in [-0.1, -0.05) is 0 Å². The molecule has 0 saturated carbocycles. The van der Waals surface area contributed by atoms with Crippen LogP contribution in [0, 0.1) is 11.3 Å². The molecule has 0 aliphatic carbocycles. The number of imidazole rings is 1. The Bertz CT molecular complexity index is 822. The second-order valence-electron chi connectivity index (χ2n) is 5.24. The minimum Gasteiger partial charge on any atom is -0.491 e. The summed E-state index contributed by atoms with van der Waals surface area (Å²) in [5.41, 5.74) is 1.51. The molecule has 0 aliphatic heterocycles. The van der Waals surface area contributed by atoms with Crippen LogP contribution in [0.4, 0.5) is 0 Å². The summed E-state index contributed by atoms with van der Waals surface area (Å²) in [6, 6.07) is 12.6. The highest BCUT2D eigenvalue weighted by molar-refractivity contribution is 5.54. The Hall–Kier alpha value is -3.17. The van der Waals surface area contributed by atoms with E-state index in [1.807, 2.05) is 22.9 Å². The van der Waals surface area contributed by atoms with E-state index < -0.39 is 6.10 Å². The zero-order chi connectivity index (χ0) is 16.8. The van der Waals surface area contributed by atoms with Gasteiger partial charge in [-0.3, -0.25) is 4.98 Å². The van der Waals surface area contributed by atoms with Crippen LogP contribution in [0.15, 0.2) is 61.2 Å². The van der Waals surface area contributed by atoms with Crippen molar-refractivity contribution in [3.63, 3.8) is 0 Å². The summed E-state index contributed by atoms with van der Waals surface area (Å²) in [6.07, 6.45) is 6.25. The van der Waals surface area contributed by atoms with Gasteiger partial charge in [-0.05, 0) is 36.4 Å². The lowest BCUT2D eigenvalue weighted by molar-refractivity contribution is 0.0929. The number of aromatic nitrogens is 3. The third-order valence-electron chi connectivity index (χ3n) is 3.49. The predicted octanol–water partition coefficient (Wildman–Crippen LogP) is 2.26. The predicted molar refractivity (Wildman–Crippen MR) is 88.1 cm³/mol. The molecular formula is C18H16N4O2. The number of aliphatic hydroxyl groups excluding tert-OH is 1. The van der Waals surface area contributed by atoms with Crippen molar-refractivity contribution in [2.45, 2.75) is 12.6 Å². The number of pyridine rings is 1. The first-order chi connectivity index (χ1) is 11.8. The van der Waals surface area contributed by atoms with Crippen molar-refractivity contribution in [3.8, 4) is 23.2 Å². The molecule has 0 bridgehead atoms. The van der Waals surface area contributed by atoms with E-state index in [9.17, 15) is 5.11 Å². The second-order valence-corrected chi connectivity index (χ2v) is 5.24. The largest absolute Gasteiger partial charge is 0.491 e. The van der Waals surface area contributed by atoms with Crippen LogP contribution >= 0.6 is 0 Å². The van der Waals surface area contributed by atoms with Crippen LogP contribution in [0.5, 0.6) is 5.75 Å². The number of nitriles is 1. The molecule has 1 unspecified atom stereocenters. The number of hydrogen-bond donors (Lipinski definition) is 1. The Balaban J connectivity index is 1.60. The average Bonchev–Trinajstić information content (AvgIpc) is 3.09. The number of hydrogen-bond acceptors (Lipinski definition) is 5. The fraction of sp³-hybridized carbons (Fsp3) is 0.167. The molecule has 1 atom stereocenters. The Kier molecular flexibility index (Phi) is 4.84. The third kappa shape index (κ3) is 3.77. The molecule has 1 aromatic carbocycles. The third-order valence-corrected chi connectivity index (χ3v) is 3.49. The number of ether oxygens (including phenoxy) is 1. The lowest BCUT2D eigenvalue weighted by atomic mass is 10.2. The van der Waals surface area contributed by atoms with Gasteiger partial charge < -0.3 is 14.4 Å². The standard InChI is InChI=1S/C18H16N4O2/c19-11-14-1-3-17(4-2-14)24-13-16(23)12-22-10-9-21-18(22)15-5-7-20-8-6-15/h1-10,16,23H,12-13H2. The summed E-state index contributed by atoms with van der Waals surface area (Å²) in [5.74, 6) is 1.39. The summed E-state index contributed by atoms with van der Waals surface area (Å²) in [6.45, 7) is 0.522. The smallest absolute Gasteiger partial charge is 0.140 e. The molecule has 6 heteroatoms. The molecule has 0 fully saturated rings. The van der Waals surface area contributed by atoms with Crippen molar-refractivity contribution < 1.29 is 9.84 Å². The van der Waals surface area contributed by atoms with Gasteiger partial charge in [0, 0.05) is 30.4 Å². The van der Waals surface area contributed by atoms with Crippen molar-refractivity contribution >= 4 is 0 Å². The lowest BCUT2D eigenvalue weighted by Crippen LogP contribution is -2.23. The maximum atomic E-state index is 10.2. The number of benzene rings is 1. The Morgan fingerprint density at radius 2 is 1.88 bits per heavy atom. The minimum atomic E-state index is -0.685. The van der Waals surface area contributed by atoms with Crippen LogP contribution in [0.25, 0.3) is 11.4 Å². The molecule has 1 N–H and O–H groups in total. The summed E-state index contributed by atoms with van der Waals surface area (Å²) in [4.78, 5) is 8.32. The first kappa shape index (κ1) is 15.7. The van der Waals surface area contributed by atoms with Crippen LogP contribution in [-0.2, 0) is 6.54 Å². The lowest BCUT2D eigenvalue weighted by Gasteiger charge is -2.15. The molecule has 2 aromatic heterocycles. The molecule has 0 spiro atoms. The quantitative estimate of drug-likeness (QED) is 0.753. The highest BCUT2D eigenvalue weighted by Gasteiger charge is 2.11. The maximum Gasteiger partial charge on any atom is 0.140 e. The van der Waals surface area contributed by atoms with Gasteiger partial charge in [0.25, 0.3) is 0 Å². The van der Waals surface area contributed by atoms with Crippen LogP contribution in [0.3, 0.4) is 0 Å². The van der Waals surface area contributed by atoms with Crippen molar-refractivity contribution in [2.24, 2.45) is 0 Å². The normalized spacial score (nSPS) is 11.7. The highest BCUT2D eigenvalue weighted by atomic mass is 16.5. The summed E-state index contributed by atoms with van der Waals surface area (Å²) in [5, 5.41) is 19.0. The molecule has 120 valence electrons. The fourth-order valence-electron chi connectivity index (χ4n) is 2.32. The van der Waals surface area contributed by atoms with Crippen LogP contribution in [-0.4, -0.2) is 32.4 Å². The second kappa shape index (κ2) is 7.40. The average molecular weight is 320 g/mol. The molecule has 3 rings (SSSR count). The van der Waals surface area contributed by atoms with Crippen molar-refractivity contribution in [2.75, 3.05) is 6.61 Å². The van der Waals surface area contributed by atoms with Crippen molar-refractivity contribution in [3.05, 3.63) is 66.7 Å². The number of aliphatic hydroxyl groups is 1. The number of nitrogens with zero attached hydrogens (tertiary/aromatic N) is 4. The van der Waals surface area contributed by atoms with E-state index in [1.165, 1.54) is 0 Å². The van der Waals surface area contributed by atoms with Gasteiger partial charge in [0.15, 0.2) is 0 Å². The van der Waals surface area contributed by atoms with E-state index in [-0.39, 0.29) is 6.61 Å². The number of rotatable bonds is 6. The van der Waals surface area contributed by atoms with Gasteiger partial charge in [-0.25, -0.2) is 4.98 Å². The van der Waals surface area contributed by atoms with Crippen molar-refractivity contribution in [1.82, 2.24) is 14.5 Å². The zero-order valence-electron chi connectivity index (χ0n) is 12.9. The summed E-state index contributed by atoms with van der Waals surface area (Å²) >= 11 is 0.